The third-order valence-corrected chi connectivity index (χ3v) is 6.06. The Balaban J connectivity index is 0.00000231. The minimum absolute atomic E-state index is 0. The van der Waals surface area contributed by atoms with E-state index in [-0.39, 0.29) is 12.4 Å². The highest BCUT2D eigenvalue weighted by molar-refractivity contribution is 7.17. The molecule has 3 aromatic heterocycles. The van der Waals surface area contributed by atoms with E-state index < -0.39 is 0 Å². The van der Waals surface area contributed by atoms with Crippen molar-refractivity contribution >= 4 is 44.8 Å². The van der Waals surface area contributed by atoms with Gasteiger partial charge in [0.2, 0.25) is 0 Å². The number of ether oxygens (including phenoxy) is 2. The van der Waals surface area contributed by atoms with E-state index in [9.17, 15) is 5.21 Å². The Morgan fingerprint density at radius 1 is 1.16 bits per heavy atom. The van der Waals surface area contributed by atoms with E-state index in [1.54, 1.807) is 17.4 Å². The summed E-state index contributed by atoms with van der Waals surface area (Å²) in [4.78, 5) is 6.81. The summed E-state index contributed by atoms with van der Waals surface area (Å²) in [5.74, 6) is 1.26. The maximum Gasteiger partial charge on any atom is 0.155 e. The van der Waals surface area contributed by atoms with Crippen LogP contribution in [-0.4, -0.2) is 54.5 Å². The average Bonchev–Trinajstić information content (AvgIpc) is 3.27. The smallest absolute Gasteiger partial charge is 0.155 e. The lowest BCUT2D eigenvalue weighted by Crippen LogP contribution is -2.38. The Morgan fingerprint density at radius 3 is 2.87 bits per heavy atom. The van der Waals surface area contributed by atoms with Crippen LogP contribution in [0.2, 0.25) is 0 Å². The van der Waals surface area contributed by atoms with Crippen molar-refractivity contribution in [2.45, 2.75) is 0 Å². The number of rotatable bonds is 5. The predicted octanol–water partition coefficient (Wildman–Crippen LogP) is 4.13. The maximum atomic E-state index is 9.59. The van der Waals surface area contributed by atoms with E-state index in [0.29, 0.717) is 40.1 Å². The molecule has 4 heterocycles. The zero-order valence-corrected chi connectivity index (χ0v) is 18.3. The van der Waals surface area contributed by atoms with Crippen LogP contribution in [-0.2, 0) is 4.74 Å². The zero-order valence-electron chi connectivity index (χ0n) is 16.7. The van der Waals surface area contributed by atoms with E-state index >= 15 is 0 Å². The van der Waals surface area contributed by atoms with Gasteiger partial charge >= 0.3 is 0 Å². The molecule has 1 fully saturated rings. The fourth-order valence-corrected chi connectivity index (χ4v) is 4.30. The third-order valence-electron chi connectivity index (χ3n) is 5.20. The van der Waals surface area contributed by atoms with Gasteiger partial charge in [0.15, 0.2) is 5.76 Å². The van der Waals surface area contributed by atoms with E-state index in [1.807, 2.05) is 41.9 Å². The van der Waals surface area contributed by atoms with Crippen molar-refractivity contribution in [2.24, 2.45) is 5.16 Å². The van der Waals surface area contributed by atoms with Gasteiger partial charge in [0.1, 0.15) is 29.0 Å². The molecule has 0 saturated carbocycles. The largest absolute Gasteiger partial charge is 0.492 e. The van der Waals surface area contributed by atoms with Crippen molar-refractivity contribution in [3.8, 4) is 17.2 Å². The summed E-state index contributed by atoms with van der Waals surface area (Å²) < 4.78 is 18.5. The summed E-state index contributed by atoms with van der Waals surface area (Å²) in [6.45, 7) is 4.84. The molecule has 5 rings (SSSR count). The van der Waals surface area contributed by atoms with E-state index in [0.717, 1.165) is 42.9 Å². The van der Waals surface area contributed by atoms with Gasteiger partial charge in [0.05, 0.1) is 23.3 Å². The molecule has 0 atom stereocenters. The summed E-state index contributed by atoms with van der Waals surface area (Å²) in [5, 5.41) is 17.3. The first-order chi connectivity index (χ1) is 14.8. The van der Waals surface area contributed by atoms with Crippen LogP contribution in [0.15, 0.2) is 57.5 Å². The van der Waals surface area contributed by atoms with Crippen LogP contribution in [0.3, 0.4) is 0 Å². The van der Waals surface area contributed by atoms with Gasteiger partial charge in [-0.2, -0.15) is 0 Å². The number of pyridine rings is 1. The SMILES string of the molecule is Cl.ON=c1cc(-c2cc3ccsc3cn2)oc2ccc(OCCN3CCOCC3)cc12. The summed E-state index contributed by atoms with van der Waals surface area (Å²) in [5.41, 5.74) is 1.30. The summed E-state index contributed by atoms with van der Waals surface area (Å²) >= 11 is 1.64. The Labute approximate surface area is 188 Å². The molecule has 0 aliphatic carbocycles. The Hall–Kier alpha value is -2.65. The van der Waals surface area contributed by atoms with Crippen LogP contribution in [0.1, 0.15) is 0 Å². The van der Waals surface area contributed by atoms with Crippen LogP contribution >= 0.6 is 23.7 Å². The number of halogens is 1. The fraction of sp³-hybridized carbons (Fsp3) is 0.273. The standard InChI is InChI=1S/C22H21N3O4S.ClH/c26-24-18-13-21(19-11-15-3-10-30-22(15)14-23-19)29-20-2-1-16(12-17(18)20)28-9-6-25-4-7-27-8-5-25;/h1-3,10-14,26H,4-9H2;1H. The van der Waals surface area contributed by atoms with Crippen molar-refractivity contribution in [2.75, 3.05) is 39.5 Å². The van der Waals surface area contributed by atoms with E-state index in [1.165, 1.54) is 0 Å². The molecule has 7 nitrogen and oxygen atoms in total. The third kappa shape index (κ3) is 4.67. The lowest BCUT2D eigenvalue weighted by atomic mass is 10.1. The van der Waals surface area contributed by atoms with Crippen LogP contribution in [0, 0.1) is 0 Å². The van der Waals surface area contributed by atoms with E-state index in [2.05, 4.69) is 15.0 Å². The molecule has 1 N–H and O–H groups in total. The molecule has 1 saturated heterocycles. The lowest BCUT2D eigenvalue weighted by Gasteiger charge is -2.26. The van der Waals surface area contributed by atoms with Crippen LogP contribution in [0.25, 0.3) is 32.5 Å². The second kappa shape index (κ2) is 9.65. The monoisotopic (exact) mass is 459 g/mol. The van der Waals surface area contributed by atoms with Gasteiger partial charge in [-0.15, -0.1) is 23.7 Å². The first-order valence-corrected chi connectivity index (χ1v) is 10.7. The number of hydrogen-bond donors (Lipinski definition) is 1. The molecule has 31 heavy (non-hydrogen) atoms. The van der Waals surface area contributed by atoms with Crippen molar-refractivity contribution in [3.63, 3.8) is 0 Å². The Bertz CT molecular complexity index is 1250. The molecule has 4 aromatic rings. The van der Waals surface area contributed by atoms with Crippen molar-refractivity contribution in [1.29, 1.82) is 0 Å². The molecular formula is C22H22ClN3O4S. The van der Waals surface area contributed by atoms with Crippen LogP contribution in [0.5, 0.6) is 5.75 Å². The molecule has 1 aliphatic heterocycles. The first-order valence-electron chi connectivity index (χ1n) is 9.83. The molecule has 0 unspecified atom stereocenters. The highest BCUT2D eigenvalue weighted by atomic mass is 35.5. The highest BCUT2D eigenvalue weighted by Crippen LogP contribution is 2.27. The number of morpholine rings is 1. The van der Waals surface area contributed by atoms with Gasteiger partial charge in [-0.05, 0) is 41.1 Å². The Morgan fingerprint density at radius 2 is 2.03 bits per heavy atom. The van der Waals surface area contributed by atoms with Crippen molar-refractivity contribution in [1.82, 2.24) is 9.88 Å². The van der Waals surface area contributed by atoms with Crippen molar-refractivity contribution in [3.05, 3.63) is 53.3 Å². The summed E-state index contributed by atoms with van der Waals surface area (Å²) in [6, 6.07) is 11.3. The molecule has 0 radical (unpaired) electrons. The molecule has 0 spiro atoms. The van der Waals surface area contributed by atoms with Gasteiger partial charge in [0.25, 0.3) is 0 Å². The molecular weight excluding hydrogens is 438 g/mol. The lowest BCUT2D eigenvalue weighted by molar-refractivity contribution is 0.0322. The highest BCUT2D eigenvalue weighted by Gasteiger charge is 2.12. The molecule has 1 aromatic carbocycles. The topological polar surface area (TPSA) is 80.3 Å². The number of fused-ring (bicyclic) bond motifs is 2. The summed E-state index contributed by atoms with van der Waals surface area (Å²) in [6.07, 6.45) is 1.83. The average molecular weight is 460 g/mol. The number of nitrogens with zero attached hydrogens (tertiary/aromatic N) is 3. The zero-order chi connectivity index (χ0) is 20.3. The van der Waals surface area contributed by atoms with Gasteiger partial charge in [-0.1, -0.05) is 5.16 Å². The van der Waals surface area contributed by atoms with Gasteiger partial charge in [0, 0.05) is 31.9 Å². The minimum atomic E-state index is 0. The number of hydrogen-bond acceptors (Lipinski definition) is 8. The maximum absolute atomic E-state index is 9.59. The normalized spacial score (nSPS) is 15.3. The predicted molar refractivity (Wildman–Crippen MR) is 122 cm³/mol. The number of thiophene rings is 1. The quantitative estimate of drug-likeness (QED) is 0.357. The second-order valence-corrected chi connectivity index (χ2v) is 8.03. The van der Waals surface area contributed by atoms with Crippen LogP contribution in [0.4, 0.5) is 0 Å². The fourth-order valence-electron chi connectivity index (χ4n) is 3.57. The first kappa shape index (κ1) is 21.6. The number of aromatic nitrogens is 1. The van der Waals surface area contributed by atoms with Crippen molar-refractivity contribution < 1.29 is 19.1 Å². The minimum Gasteiger partial charge on any atom is -0.492 e. The van der Waals surface area contributed by atoms with Crippen LogP contribution < -0.4 is 10.1 Å². The second-order valence-electron chi connectivity index (χ2n) is 7.08. The molecule has 1 aliphatic rings. The number of benzene rings is 1. The van der Waals surface area contributed by atoms with Gasteiger partial charge in [-0.3, -0.25) is 9.88 Å². The molecule has 9 heteroatoms. The Kier molecular flexibility index (Phi) is 6.72. The molecule has 0 amide bonds. The molecule has 162 valence electrons. The van der Waals surface area contributed by atoms with E-state index in [4.69, 9.17) is 13.9 Å². The van der Waals surface area contributed by atoms with Gasteiger partial charge in [-0.25, -0.2) is 0 Å². The summed E-state index contributed by atoms with van der Waals surface area (Å²) in [7, 11) is 0. The molecule has 0 bridgehead atoms. The van der Waals surface area contributed by atoms with Gasteiger partial charge < -0.3 is 19.1 Å².